The molecule has 0 fully saturated rings. The van der Waals surface area contributed by atoms with Crippen LogP contribution in [-0.4, -0.2) is 60.3 Å². The lowest BCUT2D eigenvalue weighted by atomic mass is 10.0. The van der Waals surface area contributed by atoms with Crippen LogP contribution in [0, 0.1) is 5.92 Å². The molecule has 4 aromatic rings. The van der Waals surface area contributed by atoms with Gasteiger partial charge in [0.05, 0.1) is 40.7 Å². The van der Waals surface area contributed by atoms with Crippen LogP contribution in [-0.2, 0) is 16.1 Å². The minimum Gasteiger partial charge on any atom is -0.481 e. The van der Waals surface area contributed by atoms with Gasteiger partial charge >= 0.3 is 17.9 Å². The number of aliphatic carboxylic acids is 1. The number of carboxylic acids is 3. The molecule has 4 rings (SSSR count). The normalized spacial score (nSPS) is 10.3. The van der Waals surface area contributed by atoms with Crippen LogP contribution in [0.1, 0.15) is 65.2 Å². The Balaban J connectivity index is 0.000000247. The topological polar surface area (TPSA) is 195 Å². The number of carboxylic acid groups (broad SMARTS) is 3. The molecule has 0 saturated carbocycles. The Morgan fingerprint density at radius 1 is 1.00 bits per heavy atom. The lowest BCUT2D eigenvalue weighted by molar-refractivity contribution is -0.134. The number of carbonyl (C=O) groups is 4. The van der Waals surface area contributed by atoms with Crippen LogP contribution in [0.2, 0.25) is 0 Å². The maximum absolute atomic E-state index is 11.6. The number of imidazole rings is 1. The minimum absolute atomic E-state index is 0.152. The Morgan fingerprint density at radius 2 is 1.65 bits per heavy atom. The number of nitrogens with two attached hydrogens (primary N) is 1. The van der Waals surface area contributed by atoms with Crippen molar-refractivity contribution in [3.63, 3.8) is 0 Å². The van der Waals surface area contributed by atoms with E-state index in [1.807, 2.05) is 24.5 Å². The molecule has 2 aromatic carbocycles. The van der Waals surface area contributed by atoms with Crippen molar-refractivity contribution in [2.45, 2.75) is 40.7 Å². The highest BCUT2D eigenvalue weighted by Gasteiger charge is 2.20. The zero-order chi connectivity index (χ0) is 30.0. The van der Waals surface area contributed by atoms with Crippen LogP contribution in [0.15, 0.2) is 48.8 Å². The van der Waals surface area contributed by atoms with Crippen molar-refractivity contribution in [2.24, 2.45) is 5.92 Å². The molecule has 12 nitrogen and oxygen atoms in total. The molecule has 0 bridgehead atoms. The van der Waals surface area contributed by atoms with E-state index in [-0.39, 0.29) is 23.3 Å². The van der Waals surface area contributed by atoms with Crippen LogP contribution in [0.4, 0.5) is 5.82 Å². The third kappa shape index (κ3) is 8.25. The number of aromatic carboxylic acids is 2. The molecule has 0 aliphatic rings. The van der Waals surface area contributed by atoms with Gasteiger partial charge in [-0.15, -0.1) is 0 Å². The Morgan fingerprint density at radius 3 is 2.23 bits per heavy atom. The van der Waals surface area contributed by atoms with Crippen molar-refractivity contribution in [3.05, 3.63) is 65.5 Å². The van der Waals surface area contributed by atoms with Crippen LogP contribution < -0.4 is 5.73 Å². The van der Waals surface area contributed by atoms with Gasteiger partial charge in [-0.1, -0.05) is 39.0 Å². The van der Waals surface area contributed by atoms with E-state index >= 15 is 0 Å². The number of nitrogens with zero attached hydrogens (tertiary/aromatic N) is 3. The number of nitrogen functional groups attached to an aromatic ring is 1. The van der Waals surface area contributed by atoms with E-state index in [1.54, 1.807) is 6.92 Å². The van der Waals surface area contributed by atoms with E-state index < -0.39 is 23.9 Å². The van der Waals surface area contributed by atoms with Gasteiger partial charge in [0, 0.05) is 18.9 Å². The fourth-order valence-corrected chi connectivity index (χ4v) is 3.64. The number of rotatable bonds is 7. The highest BCUT2D eigenvalue weighted by atomic mass is 16.5. The predicted molar refractivity (Wildman–Crippen MR) is 149 cm³/mol. The number of anilines is 1. The molecule has 0 atom stereocenters. The molecule has 0 aliphatic heterocycles. The number of aromatic nitrogens is 3. The van der Waals surface area contributed by atoms with Gasteiger partial charge in [0.2, 0.25) is 0 Å². The van der Waals surface area contributed by atoms with Crippen LogP contribution in [0.25, 0.3) is 21.9 Å². The molecule has 0 radical (unpaired) electrons. The maximum Gasteiger partial charge on any atom is 0.339 e. The van der Waals surface area contributed by atoms with Crippen LogP contribution in [0.3, 0.4) is 0 Å². The molecule has 0 aliphatic carbocycles. The van der Waals surface area contributed by atoms with Crippen molar-refractivity contribution < 1.29 is 39.2 Å². The molecule has 212 valence electrons. The SMILES string of the molecule is CC(=O)O.CC(C)Cn1cnc2c(N)nc3ccccc3c21.CCCOC(=O)c1ccc(C(=O)O)cc1C(=O)O. The zero-order valence-electron chi connectivity index (χ0n) is 22.6. The number of carbonyl (C=O) groups excluding carboxylic acids is 1. The summed E-state index contributed by atoms with van der Waals surface area (Å²) in [7, 11) is 0. The second-order valence-corrected chi connectivity index (χ2v) is 9.03. The number of fused-ring (bicyclic) bond motifs is 3. The smallest absolute Gasteiger partial charge is 0.339 e. The van der Waals surface area contributed by atoms with Crippen LogP contribution >= 0.6 is 0 Å². The summed E-state index contributed by atoms with van der Waals surface area (Å²) in [5.74, 6) is -3.17. The van der Waals surface area contributed by atoms with Crippen molar-refractivity contribution in [1.29, 1.82) is 0 Å². The zero-order valence-corrected chi connectivity index (χ0v) is 22.6. The van der Waals surface area contributed by atoms with Gasteiger partial charge in [-0.05, 0) is 36.6 Å². The number of pyridine rings is 1. The maximum atomic E-state index is 11.6. The number of hydrogen-bond donors (Lipinski definition) is 4. The highest BCUT2D eigenvalue weighted by molar-refractivity contribution is 6.06. The monoisotopic (exact) mass is 552 g/mol. The van der Waals surface area contributed by atoms with Gasteiger partial charge < -0.3 is 30.4 Å². The first-order valence-electron chi connectivity index (χ1n) is 12.3. The highest BCUT2D eigenvalue weighted by Crippen LogP contribution is 2.27. The summed E-state index contributed by atoms with van der Waals surface area (Å²) in [5, 5.41) is 26.2. The van der Waals surface area contributed by atoms with E-state index in [2.05, 4.69) is 34.4 Å². The van der Waals surface area contributed by atoms with E-state index in [4.69, 9.17) is 30.6 Å². The number of para-hydroxylation sites is 1. The Bertz CT molecular complexity index is 1520. The number of ether oxygens (including phenoxy) is 1. The molecule has 2 heterocycles. The third-order valence-corrected chi connectivity index (χ3v) is 5.20. The Labute approximate surface area is 230 Å². The summed E-state index contributed by atoms with van der Waals surface area (Å²) in [6.07, 6.45) is 2.47. The third-order valence-electron chi connectivity index (χ3n) is 5.20. The number of benzene rings is 2. The van der Waals surface area contributed by atoms with Gasteiger partial charge in [-0.2, -0.15) is 0 Å². The van der Waals surface area contributed by atoms with Gasteiger partial charge in [0.25, 0.3) is 5.97 Å². The second kappa shape index (κ2) is 14.2. The predicted octanol–water partition coefficient (Wildman–Crippen LogP) is 4.56. The molecule has 0 saturated heterocycles. The second-order valence-electron chi connectivity index (χ2n) is 9.03. The van der Waals surface area contributed by atoms with Gasteiger partial charge in [0.15, 0.2) is 5.82 Å². The minimum atomic E-state index is -1.37. The van der Waals surface area contributed by atoms with Crippen molar-refractivity contribution in [2.75, 3.05) is 12.3 Å². The van der Waals surface area contributed by atoms with Crippen molar-refractivity contribution >= 4 is 51.6 Å². The van der Waals surface area contributed by atoms with E-state index in [9.17, 15) is 14.4 Å². The number of hydrogen-bond acceptors (Lipinski definition) is 8. The quantitative estimate of drug-likeness (QED) is 0.235. The first-order valence-corrected chi connectivity index (χ1v) is 12.3. The van der Waals surface area contributed by atoms with Gasteiger partial charge in [-0.25, -0.2) is 24.4 Å². The number of esters is 1. The molecule has 12 heteroatoms. The van der Waals surface area contributed by atoms with Gasteiger partial charge in [-0.3, -0.25) is 4.79 Å². The fraction of sp³-hybridized carbons (Fsp3) is 0.286. The first kappa shape index (κ1) is 31.2. The molecule has 5 N–H and O–H groups in total. The lowest BCUT2D eigenvalue weighted by Gasteiger charge is -2.09. The molecule has 0 spiro atoms. The molecule has 0 unspecified atom stereocenters. The van der Waals surface area contributed by atoms with E-state index in [0.717, 1.165) is 53.6 Å². The summed E-state index contributed by atoms with van der Waals surface area (Å²) < 4.78 is 6.99. The average Bonchev–Trinajstić information content (AvgIpc) is 3.31. The Hall–Kier alpha value is -5.00. The van der Waals surface area contributed by atoms with E-state index in [1.165, 1.54) is 0 Å². The molecular weight excluding hydrogens is 520 g/mol. The fourth-order valence-electron chi connectivity index (χ4n) is 3.64. The first-order chi connectivity index (χ1) is 18.9. The molecule has 40 heavy (non-hydrogen) atoms. The average molecular weight is 553 g/mol. The summed E-state index contributed by atoms with van der Waals surface area (Å²) in [4.78, 5) is 51.1. The lowest BCUT2D eigenvalue weighted by Crippen LogP contribution is -2.13. The Kier molecular flexibility index (Phi) is 11.1. The summed E-state index contributed by atoms with van der Waals surface area (Å²) >= 11 is 0. The van der Waals surface area contributed by atoms with Crippen molar-refractivity contribution in [1.82, 2.24) is 14.5 Å². The van der Waals surface area contributed by atoms with Crippen LogP contribution in [0.5, 0.6) is 0 Å². The molecule has 2 aromatic heterocycles. The largest absolute Gasteiger partial charge is 0.481 e. The standard InChI is InChI=1S/C14H16N4.C12H12O6.C2H4O2/c1-9(2)7-18-8-16-12-13(18)10-5-3-4-6-11(10)17-14(12)15;1-2-5-18-12(17)8-4-3-7(10(13)14)6-9(8)11(15)16;1-2(3)4/h3-6,8-9H,7H2,1-2H3,(H2,15,17);3-4,6H,2,5H2,1H3,(H,13,14)(H,15,16);1H3,(H,3,4). The summed E-state index contributed by atoms with van der Waals surface area (Å²) in [5.41, 5.74) is 8.07. The van der Waals surface area contributed by atoms with Gasteiger partial charge in [0.1, 0.15) is 5.52 Å². The summed E-state index contributed by atoms with van der Waals surface area (Å²) in [6.45, 7) is 8.39. The van der Waals surface area contributed by atoms with Crippen molar-refractivity contribution in [3.8, 4) is 0 Å². The van der Waals surface area contributed by atoms with E-state index in [0.29, 0.717) is 18.2 Å². The molecular formula is C28H32N4O8. The molecule has 0 amide bonds. The summed E-state index contributed by atoms with van der Waals surface area (Å²) in [6, 6.07) is 11.3.